The van der Waals surface area contributed by atoms with Crippen molar-refractivity contribution in [2.24, 2.45) is 5.92 Å². The van der Waals surface area contributed by atoms with Crippen molar-refractivity contribution in [2.45, 2.75) is 51.2 Å². The van der Waals surface area contributed by atoms with Gasteiger partial charge in [0.05, 0.1) is 0 Å². The second-order valence-corrected chi connectivity index (χ2v) is 8.02. The van der Waals surface area contributed by atoms with E-state index in [0.717, 1.165) is 49.6 Å². The van der Waals surface area contributed by atoms with Crippen molar-refractivity contribution in [1.29, 1.82) is 0 Å². The molecule has 2 atom stereocenters. The number of benzene rings is 1. The summed E-state index contributed by atoms with van der Waals surface area (Å²) in [6, 6.07) is 5.24. The van der Waals surface area contributed by atoms with Crippen molar-refractivity contribution in [3.63, 3.8) is 0 Å². The van der Waals surface area contributed by atoms with Crippen LogP contribution in [0.25, 0.3) is 0 Å². The zero-order valence-electron chi connectivity index (χ0n) is 16.1. The van der Waals surface area contributed by atoms with Crippen LogP contribution in [0.15, 0.2) is 18.2 Å². The molecule has 4 rings (SSSR count). The molecule has 0 aromatic heterocycles. The Balaban J connectivity index is 1.37. The third-order valence-electron chi connectivity index (χ3n) is 6.12. The van der Waals surface area contributed by atoms with E-state index in [0.29, 0.717) is 18.5 Å². The molecule has 0 saturated carbocycles. The normalized spacial score (nSPS) is 25.0. The van der Waals surface area contributed by atoms with Crippen LogP contribution in [0.4, 0.5) is 0 Å². The van der Waals surface area contributed by atoms with Gasteiger partial charge in [0.15, 0.2) is 0 Å². The van der Waals surface area contributed by atoms with Crippen LogP contribution in [-0.4, -0.2) is 48.3 Å². The van der Waals surface area contributed by atoms with Gasteiger partial charge in [-0.15, -0.1) is 0 Å². The van der Waals surface area contributed by atoms with E-state index in [1.807, 2.05) is 12.1 Å². The van der Waals surface area contributed by atoms with E-state index in [9.17, 15) is 14.4 Å². The molecule has 3 aliphatic rings. The molecule has 0 aliphatic carbocycles. The van der Waals surface area contributed by atoms with Gasteiger partial charge in [-0.05, 0) is 68.4 Å². The van der Waals surface area contributed by atoms with Gasteiger partial charge < -0.3 is 15.5 Å². The Morgan fingerprint density at radius 1 is 1.18 bits per heavy atom. The minimum atomic E-state index is -0.558. The van der Waals surface area contributed by atoms with E-state index < -0.39 is 6.04 Å². The summed E-state index contributed by atoms with van der Waals surface area (Å²) in [5.74, 6) is 0.00796. The molecule has 2 saturated heterocycles. The highest BCUT2D eigenvalue weighted by Gasteiger charge is 2.39. The Hall–Kier alpha value is -2.25. The number of rotatable bonds is 6. The van der Waals surface area contributed by atoms with Gasteiger partial charge in [0.1, 0.15) is 6.04 Å². The molecule has 3 aliphatic heterocycles. The number of nitrogens with zero attached hydrogens (tertiary/aromatic N) is 1. The summed E-state index contributed by atoms with van der Waals surface area (Å²) in [5, 5.41) is 9.32. The van der Waals surface area contributed by atoms with Gasteiger partial charge in [0.2, 0.25) is 11.8 Å². The van der Waals surface area contributed by atoms with Crippen molar-refractivity contribution < 1.29 is 14.4 Å². The van der Waals surface area contributed by atoms with E-state index in [-0.39, 0.29) is 24.1 Å². The van der Waals surface area contributed by atoms with Crippen LogP contribution in [0, 0.1) is 5.92 Å². The molecule has 7 heteroatoms. The molecule has 28 heavy (non-hydrogen) atoms. The predicted octanol–water partition coefficient (Wildman–Crippen LogP) is 0.927. The Labute approximate surface area is 165 Å². The van der Waals surface area contributed by atoms with Crippen LogP contribution in [0.3, 0.4) is 0 Å². The minimum absolute atomic E-state index is 0.111. The van der Waals surface area contributed by atoms with Crippen LogP contribution >= 0.6 is 0 Å². The van der Waals surface area contributed by atoms with Crippen molar-refractivity contribution in [1.82, 2.24) is 20.9 Å². The molecule has 3 heterocycles. The number of hydrogen-bond acceptors (Lipinski definition) is 5. The molecule has 1 aromatic carbocycles. The first-order valence-corrected chi connectivity index (χ1v) is 10.3. The van der Waals surface area contributed by atoms with Crippen molar-refractivity contribution >= 4 is 17.7 Å². The zero-order chi connectivity index (χ0) is 19.5. The third-order valence-corrected chi connectivity index (χ3v) is 6.12. The Bertz CT molecular complexity index is 773. The highest BCUT2D eigenvalue weighted by Crippen LogP contribution is 2.29. The second kappa shape index (κ2) is 8.41. The van der Waals surface area contributed by atoms with E-state index in [1.165, 1.54) is 12.8 Å². The van der Waals surface area contributed by atoms with E-state index in [4.69, 9.17) is 0 Å². The highest BCUT2D eigenvalue weighted by molar-refractivity contribution is 6.05. The maximum absolute atomic E-state index is 12.8. The van der Waals surface area contributed by atoms with E-state index in [1.54, 1.807) is 4.90 Å². The summed E-state index contributed by atoms with van der Waals surface area (Å²) in [7, 11) is 0. The fourth-order valence-corrected chi connectivity index (χ4v) is 4.52. The molecule has 1 aromatic rings. The molecule has 3 N–H and O–H groups in total. The van der Waals surface area contributed by atoms with Gasteiger partial charge in [-0.3, -0.25) is 19.7 Å². The molecule has 0 spiro atoms. The topological polar surface area (TPSA) is 90.5 Å². The summed E-state index contributed by atoms with van der Waals surface area (Å²) in [6.45, 7) is 4.36. The van der Waals surface area contributed by atoms with E-state index >= 15 is 0 Å². The monoisotopic (exact) mass is 384 g/mol. The molecular weight excluding hydrogens is 356 g/mol. The van der Waals surface area contributed by atoms with Crippen LogP contribution in [-0.2, 0) is 22.7 Å². The number of carbonyl (C=O) groups is 3. The average molecular weight is 384 g/mol. The average Bonchev–Trinajstić information content (AvgIpc) is 3.03. The quantitative estimate of drug-likeness (QED) is 0.501. The maximum atomic E-state index is 12.8. The number of amides is 3. The molecule has 1 unspecified atom stereocenters. The first-order chi connectivity index (χ1) is 13.6. The number of fused-ring (bicyclic) bond motifs is 1. The molecule has 0 bridgehead atoms. The number of imide groups is 1. The van der Waals surface area contributed by atoms with Crippen molar-refractivity contribution in [2.75, 3.05) is 19.6 Å². The highest BCUT2D eigenvalue weighted by atomic mass is 16.2. The lowest BCUT2D eigenvalue weighted by Gasteiger charge is -2.29. The lowest BCUT2D eigenvalue weighted by Crippen LogP contribution is -2.52. The molecular formula is C21H28N4O3. The Morgan fingerprint density at radius 3 is 2.86 bits per heavy atom. The van der Waals surface area contributed by atoms with Gasteiger partial charge in [0, 0.05) is 25.1 Å². The summed E-state index contributed by atoms with van der Waals surface area (Å²) in [4.78, 5) is 38.1. The SMILES string of the molecule is O=C1CCC(N2Cc3c(CNCC[C@H]4CCCNC4)cccc3C2=O)C(=O)N1. The number of carbonyl (C=O) groups excluding carboxylic acids is 3. The molecule has 0 radical (unpaired) electrons. The van der Waals surface area contributed by atoms with Crippen molar-refractivity contribution in [3.8, 4) is 0 Å². The standard InChI is InChI=1S/C21H28N4O3/c26-19-7-6-18(20(27)24-19)25-13-17-15(4-1-5-16(17)21(25)28)12-23-10-8-14-3-2-9-22-11-14/h1,4-5,14,18,22-23H,2-3,6-13H2,(H,24,26,27)/t14-,18?/m1/s1. The lowest BCUT2D eigenvalue weighted by molar-refractivity contribution is -0.136. The van der Waals surface area contributed by atoms with Crippen LogP contribution < -0.4 is 16.0 Å². The largest absolute Gasteiger partial charge is 0.322 e. The zero-order valence-corrected chi connectivity index (χ0v) is 16.1. The van der Waals surface area contributed by atoms with Crippen LogP contribution in [0.2, 0.25) is 0 Å². The van der Waals surface area contributed by atoms with Gasteiger partial charge in [-0.1, -0.05) is 12.1 Å². The summed E-state index contributed by atoms with van der Waals surface area (Å²) in [6.07, 6.45) is 4.39. The van der Waals surface area contributed by atoms with Gasteiger partial charge in [-0.2, -0.15) is 0 Å². The van der Waals surface area contributed by atoms with Crippen LogP contribution in [0.5, 0.6) is 0 Å². The maximum Gasteiger partial charge on any atom is 0.255 e. The first kappa shape index (κ1) is 19.1. The van der Waals surface area contributed by atoms with Gasteiger partial charge in [0.25, 0.3) is 5.91 Å². The van der Waals surface area contributed by atoms with E-state index in [2.05, 4.69) is 22.0 Å². The Morgan fingerprint density at radius 2 is 2.07 bits per heavy atom. The summed E-state index contributed by atoms with van der Waals surface area (Å²) < 4.78 is 0. The Kier molecular flexibility index (Phi) is 5.73. The smallest absolute Gasteiger partial charge is 0.255 e. The number of nitrogens with one attached hydrogen (secondary N) is 3. The fourth-order valence-electron chi connectivity index (χ4n) is 4.52. The molecule has 3 amide bonds. The number of piperidine rings is 2. The molecule has 7 nitrogen and oxygen atoms in total. The fraction of sp³-hybridized carbons (Fsp3) is 0.571. The van der Waals surface area contributed by atoms with Crippen molar-refractivity contribution in [3.05, 3.63) is 34.9 Å². The second-order valence-electron chi connectivity index (χ2n) is 8.02. The molecule has 150 valence electrons. The number of hydrogen-bond donors (Lipinski definition) is 3. The van der Waals surface area contributed by atoms with Crippen LogP contribution in [0.1, 0.15) is 53.6 Å². The van der Waals surface area contributed by atoms with Gasteiger partial charge >= 0.3 is 0 Å². The van der Waals surface area contributed by atoms with Gasteiger partial charge in [-0.25, -0.2) is 0 Å². The third kappa shape index (κ3) is 3.95. The predicted molar refractivity (Wildman–Crippen MR) is 104 cm³/mol. The minimum Gasteiger partial charge on any atom is -0.322 e. The lowest BCUT2D eigenvalue weighted by atomic mass is 9.96. The summed E-state index contributed by atoms with van der Waals surface area (Å²) in [5.41, 5.74) is 2.80. The first-order valence-electron chi connectivity index (χ1n) is 10.3. The summed E-state index contributed by atoms with van der Waals surface area (Å²) >= 11 is 0. The molecule has 2 fully saturated rings.